The van der Waals surface area contributed by atoms with Crippen LogP contribution in [-0.4, -0.2) is 30.6 Å². The summed E-state index contributed by atoms with van der Waals surface area (Å²) in [5.74, 6) is 1.41. The Morgan fingerprint density at radius 3 is 2.75 bits per heavy atom. The number of benzene rings is 1. The van der Waals surface area contributed by atoms with Gasteiger partial charge < -0.3 is 14.6 Å². The molecule has 0 bridgehead atoms. The first-order chi connectivity index (χ1) is 15.1. The lowest BCUT2D eigenvalue weighted by atomic mass is 10.2. The van der Waals surface area contributed by atoms with E-state index in [1.165, 1.54) is 0 Å². The number of carbonyl (C=O) groups excluding carboxylic acids is 1. The number of nitrogens with zero attached hydrogens (tertiary/aromatic N) is 5. The molecule has 1 amide bonds. The maximum atomic E-state index is 12.8. The van der Waals surface area contributed by atoms with E-state index in [-0.39, 0.29) is 24.4 Å². The van der Waals surface area contributed by atoms with E-state index in [0.717, 1.165) is 5.56 Å². The summed E-state index contributed by atoms with van der Waals surface area (Å²) in [4.78, 5) is 21.4. The van der Waals surface area contributed by atoms with Gasteiger partial charge in [-0.15, -0.1) is 22.6 Å². The molecule has 164 valence electrons. The quantitative estimate of drug-likeness (QED) is 0.443. The van der Waals surface area contributed by atoms with Crippen LogP contribution in [0.5, 0.6) is 5.75 Å². The molecule has 0 saturated carbocycles. The standard InChI is InChI=1S/C23H22N6O2.ClH/c1-16(2)29-15-25-28-22(29)20-9-4-10-21(26-20)27-23(30)18-7-3-8-19(12-18)31-14-17-6-5-11-24-13-17;/h3-13,15-16H,14H2,1-2H3,(H,26,27,30);1H. The van der Waals surface area contributed by atoms with E-state index in [1.807, 2.05) is 48.7 Å². The Balaban J connectivity index is 0.00000289. The lowest BCUT2D eigenvalue weighted by molar-refractivity contribution is 0.102. The summed E-state index contributed by atoms with van der Waals surface area (Å²) in [5.41, 5.74) is 2.06. The van der Waals surface area contributed by atoms with Crippen molar-refractivity contribution in [1.29, 1.82) is 0 Å². The highest BCUT2D eigenvalue weighted by Gasteiger charge is 2.13. The molecule has 0 saturated heterocycles. The fourth-order valence-corrected chi connectivity index (χ4v) is 3.00. The Bertz CT molecular complexity index is 1180. The molecule has 0 aliphatic carbocycles. The number of amides is 1. The van der Waals surface area contributed by atoms with Gasteiger partial charge in [-0.05, 0) is 50.2 Å². The fraction of sp³-hybridized carbons (Fsp3) is 0.174. The second kappa shape index (κ2) is 10.5. The highest BCUT2D eigenvalue weighted by Crippen LogP contribution is 2.21. The van der Waals surface area contributed by atoms with Crippen molar-refractivity contribution in [2.45, 2.75) is 26.5 Å². The van der Waals surface area contributed by atoms with Gasteiger partial charge in [0.1, 0.15) is 30.2 Å². The molecule has 0 radical (unpaired) electrons. The van der Waals surface area contributed by atoms with Gasteiger partial charge in [0.05, 0.1) is 0 Å². The lowest BCUT2D eigenvalue weighted by Crippen LogP contribution is -2.13. The minimum Gasteiger partial charge on any atom is -0.489 e. The van der Waals surface area contributed by atoms with E-state index in [1.54, 1.807) is 43.0 Å². The second-order valence-corrected chi connectivity index (χ2v) is 7.20. The first-order valence-electron chi connectivity index (χ1n) is 9.90. The van der Waals surface area contributed by atoms with Crippen LogP contribution in [0.4, 0.5) is 5.82 Å². The molecule has 32 heavy (non-hydrogen) atoms. The highest BCUT2D eigenvalue weighted by atomic mass is 35.5. The highest BCUT2D eigenvalue weighted by molar-refractivity contribution is 6.04. The van der Waals surface area contributed by atoms with Gasteiger partial charge in [-0.3, -0.25) is 9.78 Å². The van der Waals surface area contributed by atoms with Gasteiger partial charge in [-0.1, -0.05) is 18.2 Å². The van der Waals surface area contributed by atoms with Gasteiger partial charge in [-0.2, -0.15) is 0 Å². The molecule has 9 heteroatoms. The van der Waals surface area contributed by atoms with E-state index >= 15 is 0 Å². The molecule has 4 aromatic rings. The summed E-state index contributed by atoms with van der Waals surface area (Å²) in [5, 5.41) is 11.0. The van der Waals surface area contributed by atoms with E-state index in [9.17, 15) is 4.79 Å². The third kappa shape index (κ3) is 5.47. The van der Waals surface area contributed by atoms with Gasteiger partial charge in [0, 0.05) is 29.6 Å². The molecule has 0 unspecified atom stereocenters. The molecule has 3 aromatic heterocycles. The summed E-state index contributed by atoms with van der Waals surface area (Å²) in [6.45, 7) is 4.46. The number of anilines is 1. The summed E-state index contributed by atoms with van der Waals surface area (Å²) in [6.07, 6.45) is 5.13. The largest absolute Gasteiger partial charge is 0.489 e. The number of rotatable bonds is 7. The molecule has 1 aromatic carbocycles. The van der Waals surface area contributed by atoms with Crippen molar-refractivity contribution >= 4 is 24.1 Å². The zero-order chi connectivity index (χ0) is 21.6. The molecule has 0 aliphatic rings. The second-order valence-electron chi connectivity index (χ2n) is 7.20. The van der Waals surface area contributed by atoms with Gasteiger partial charge in [0.2, 0.25) is 0 Å². The predicted octanol–water partition coefficient (Wildman–Crippen LogP) is 4.57. The molecule has 0 spiro atoms. The molecule has 1 N–H and O–H groups in total. The Labute approximate surface area is 192 Å². The number of ether oxygens (including phenoxy) is 1. The van der Waals surface area contributed by atoms with E-state index in [4.69, 9.17) is 4.74 Å². The van der Waals surface area contributed by atoms with Crippen LogP contribution < -0.4 is 10.1 Å². The first-order valence-corrected chi connectivity index (χ1v) is 9.90. The summed E-state index contributed by atoms with van der Waals surface area (Å²) < 4.78 is 7.71. The summed E-state index contributed by atoms with van der Waals surface area (Å²) in [7, 11) is 0. The molecule has 0 atom stereocenters. The Kier molecular flexibility index (Phi) is 7.51. The van der Waals surface area contributed by atoms with E-state index in [0.29, 0.717) is 35.3 Å². The van der Waals surface area contributed by atoms with Crippen LogP contribution >= 0.6 is 12.4 Å². The molecule has 0 fully saturated rings. The maximum Gasteiger partial charge on any atom is 0.256 e. The van der Waals surface area contributed by atoms with Crippen molar-refractivity contribution in [2.75, 3.05) is 5.32 Å². The Morgan fingerprint density at radius 2 is 1.97 bits per heavy atom. The van der Waals surface area contributed by atoms with Crippen LogP contribution in [0.15, 0.2) is 73.3 Å². The smallest absolute Gasteiger partial charge is 0.256 e. The third-order valence-electron chi connectivity index (χ3n) is 4.57. The van der Waals surface area contributed by atoms with Gasteiger partial charge in [0.15, 0.2) is 5.82 Å². The fourth-order valence-electron chi connectivity index (χ4n) is 3.00. The van der Waals surface area contributed by atoms with Crippen LogP contribution in [0.3, 0.4) is 0 Å². The molecular weight excluding hydrogens is 428 g/mol. The van der Waals surface area contributed by atoms with Crippen LogP contribution in [0.2, 0.25) is 0 Å². The maximum absolute atomic E-state index is 12.8. The van der Waals surface area contributed by atoms with Crippen LogP contribution in [0.1, 0.15) is 35.8 Å². The molecule has 0 aliphatic heterocycles. The minimum atomic E-state index is -0.276. The van der Waals surface area contributed by atoms with Crippen molar-refractivity contribution in [2.24, 2.45) is 0 Å². The van der Waals surface area contributed by atoms with Crippen LogP contribution in [0.25, 0.3) is 11.5 Å². The van der Waals surface area contributed by atoms with Crippen molar-refractivity contribution in [3.8, 4) is 17.3 Å². The van der Waals surface area contributed by atoms with Crippen LogP contribution in [0, 0.1) is 0 Å². The molecule has 3 heterocycles. The number of aromatic nitrogens is 5. The molecule has 4 rings (SSSR count). The number of pyridine rings is 2. The van der Waals surface area contributed by atoms with Gasteiger partial charge in [0.25, 0.3) is 5.91 Å². The average Bonchev–Trinajstić information content (AvgIpc) is 3.29. The lowest BCUT2D eigenvalue weighted by Gasteiger charge is -2.11. The van der Waals surface area contributed by atoms with Crippen LogP contribution in [-0.2, 0) is 6.61 Å². The number of hydrogen-bond donors (Lipinski definition) is 1. The number of hydrogen-bond acceptors (Lipinski definition) is 6. The van der Waals surface area contributed by atoms with Crippen molar-refractivity contribution in [1.82, 2.24) is 24.7 Å². The molecular formula is C23H23ClN6O2. The zero-order valence-corrected chi connectivity index (χ0v) is 18.5. The molecule has 8 nitrogen and oxygen atoms in total. The Morgan fingerprint density at radius 1 is 1.12 bits per heavy atom. The third-order valence-corrected chi connectivity index (χ3v) is 4.57. The predicted molar refractivity (Wildman–Crippen MR) is 124 cm³/mol. The first kappa shape index (κ1) is 22.9. The SMILES string of the molecule is CC(C)n1cnnc1-c1cccc(NC(=O)c2cccc(OCc3cccnc3)c2)n1.Cl. The summed E-state index contributed by atoms with van der Waals surface area (Å²) in [6, 6.07) is 16.4. The van der Waals surface area contributed by atoms with Crippen molar-refractivity contribution < 1.29 is 9.53 Å². The van der Waals surface area contributed by atoms with Gasteiger partial charge in [-0.25, -0.2) is 4.98 Å². The number of carbonyl (C=O) groups is 1. The van der Waals surface area contributed by atoms with Crippen molar-refractivity contribution in [3.63, 3.8) is 0 Å². The number of halogens is 1. The normalized spacial score (nSPS) is 10.5. The Hall–Kier alpha value is -3.78. The zero-order valence-electron chi connectivity index (χ0n) is 17.7. The monoisotopic (exact) mass is 450 g/mol. The number of nitrogens with one attached hydrogen (secondary N) is 1. The summed E-state index contributed by atoms with van der Waals surface area (Å²) >= 11 is 0. The minimum absolute atomic E-state index is 0. The average molecular weight is 451 g/mol. The van der Waals surface area contributed by atoms with Crippen molar-refractivity contribution in [3.05, 3.63) is 84.4 Å². The van der Waals surface area contributed by atoms with E-state index < -0.39 is 0 Å². The van der Waals surface area contributed by atoms with E-state index in [2.05, 4.69) is 25.5 Å². The van der Waals surface area contributed by atoms with Gasteiger partial charge >= 0.3 is 0 Å². The topological polar surface area (TPSA) is 94.8 Å².